The molecule has 0 saturated carbocycles. The van der Waals surface area contributed by atoms with Crippen LogP contribution in [0.25, 0.3) is 0 Å². The van der Waals surface area contributed by atoms with E-state index in [9.17, 15) is 19.8 Å². The van der Waals surface area contributed by atoms with Crippen LogP contribution in [0.1, 0.15) is 489 Å². The molecule has 0 aliphatic heterocycles. The molecule has 0 aromatic rings. The Morgan fingerprint density at radius 2 is 0.500 bits per heavy atom. The third kappa shape index (κ3) is 79.1. The van der Waals surface area contributed by atoms with E-state index in [0.29, 0.717) is 19.4 Å². The summed E-state index contributed by atoms with van der Waals surface area (Å²) in [6.45, 7) is 4.96. The summed E-state index contributed by atoms with van der Waals surface area (Å²) in [5.74, 6) is -0.0372. The van der Waals surface area contributed by atoms with E-state index in [0.717, 1.165) is 38.5 Å². The van der Waals surface area contributed by atoms with Gasteiger partial charge in [0.05, 0.1) is 25.4 Å². The lowest BCUT2D eigenvalue weighted by molar-refractivity contribution is -0.143. The van der Waals surface area contributed by atoms with Gasteiger partial charge in [-0.2, -0.15) is 0 Å². The highest BCUT2D eigenvalue weighted by Crippen LogP contribution is 2.20. The smallest absolute Gasteiger partial charge is 0.305 e. The van der Waals surface area contributed by atoms with E-state index in [1.807, 2.05) is 6.08 Å². The molecule has 0 aromatic carbocycles. The fourth-order valence-electron chi connectivity index (χ4n) is 13.8. The largest absolute Gasteiger partial charge is 0.466 e. The molecule has 94 heavy (non-hydrogen) atoms. The van der Waals surface area contributed by atoms with Crippen molar-refractivity contribution in [1.29, 1.82) is 0 Å². The van der Waals surface area contributed by atoms with E-state index in [1.54, 1.807) is 6.08 Å². The van der Waals surface area contributed by atoms with E-state index < -0.39 is 12.1 Å². The van der Waals surface area contributed by atoms with Crippen molar-refractivity contribution < 1.29 is 24.5 Å². The number of nitrogens with one attached hydrogen (secondary N) is 1. The highest BCUT2D eigenvalue weighted by Gasteiger charge is 2.18. The number of carbonyl (C=O) groups excluding carboxylic acids is 2. The molecule has 0 radical (unpaired) electrons. The van der Waals surface area contributed by atoms with E-state index in [4.69, 9.17) is 4.74 Å². The molecule has 3 N–H and O–H groups in total. The molecule has 556 valence electrons. The normalized spacial score (nSPS) is 12.6. The average Bonchev–Trinajstić information content (AvgIpc) is 3.66. The maximum absolute atomic E-state index is 12.6. The lowest BCUT2D eigenvalue weighted by Crippen LogP contribution is -2.45. The zero-order valence-electron chi connectivity index (χ0n) is 64.0. The molecule has 6 heteroatoms. The number of hydrogen-bond acceptors (Lipinski definition) is 5. The van der Waals surface area contributed by atoms with E-state index in [-0.39, 0.29) is 18.5 Å². The lowest BCUT2D eigenvalue weighted by Gasteiger charge is -2.20. The maximum Gasteiger partial charge on any atom is 0.305 e. The fourth-order valence-corrected chi connectivity index (χ4v) is 13.8. The molecule has 0 spiro atoms. The molecule has 6 nitrogen and oxygen atoms in total. The Labute approximate surface area is 589 Å². The summed E-state index contributed by atoms with van der Waals surface area (Å²) in [5, 5.41) is 23.3. The fraction of sp³-hybridized carbons (Fsp3) is 0.909. The SMILES string of the molecule is CCCCCCCC/C=C\CCCCCCCCCCCC(=O)OCCCCCCCCCCCCCCCCCC/C=C\CCCCCCCCCCCCCCCCCCCC(=O)NC(CO)C(O)/C=C/CCCCCCCCCCCCCCCCCCCCC. The molecule has 0 aromatic heterocycles. The van der Waals surface area contributed by atoms with Crippen LogP contribution >= 0.6 is 0 Å². The Morgan fingerprint density at radius 3 is 0.755 bits per heavy atom. The van der Waals surface area contributed by atoms with Crippen LogP contribution in [0, 0.1) is 0 Å². The number of carbonyl (C=O) groups is 2. The first-order valence-electron chi connectivity index (χ1n) is 43.3. The number of rotatable bonds is 82. The maximum atomic E-state index is 12.6. The van der Waals surface area contributed by atoms with Gasteiger partial charge in [-0.15, -0.1) is 0 Å². The number of ether oxygens (including phenoxy) is 1. The summed E-state index contributed by atoms with van der Waals surface area (Å²) in [6, 6.07) is -0.626. The van der Waals surface area contributed by atoms with Crippen LogP contribution in [0.2, 0.25) is 0 Å². The molecular formula is C88H169NO5. The third-order valence-corrected chi connectivity index (χ3v) is 20.4. The van der Waals surface area contributed by atoms with Gasteiger partial charge in [-0.05, 0) is 83.5 Å². The molecule has 0 saturated heterocycles. The molecule has 0 aliphatic carbocycles. The second-order valence-electron chi connectivity index (χ2n) is 29.9. The monoisotopic (exact) mass is 1320 g/mol. The number of amides is 1. The Morgan fingerprint density at radius 1 is 0.287 bits per heavy atom. The van der Waals surface area contributed by atoms with Gasteiger partial charge >= 0.3 is 5.97 Å². The minimum Gasteiger partial charge on any atom is -0.466 e. The standard InChI is InChI=1S/C88H169NO5/c1-3-5-7-9-11-13-15-17-19-21-23-41-45-48-52-56-60-64-68-72-76-80-86(91)85(84-90)89-87(92)81-77-73-69-65-61-57-53-49-46-42-39-37-35-33-31-29-27-25-24-26-28-30-32-34-36-38-40-43-47-51-55-59-63-67-71-75-79-83-94-88(93)82-78-74-70-66-62-58-54-50-44-22-20-18-16-14-12-10-8-6-4-2/h18,20,24,26,76,80,85-86,90-91H,3-17,19,21-23,25,27-75,77-79,81-84H2,1-2H3,(H,89,92)/b20-18-,26-24-,80-76+. The van der Waals surface area contributed by atoms with Crippen molar-refractivity contribution in [3.63, 3.8) is 0 Å². The Bertz CT molecular complexity index is 1520. The summed E-state index contributed by atoms with van der Waals surface area (Å²) in [5.41, 5.74) is 0. The van der Waals surface area contributed by atoms with Crippen molar-refractivity contribution >= 4 is 11.9 Å². The van der Waals surface area contributed by atoms with Gasteiger partial charge in [-0.3, -0.25) is 9.59 Å². The average molecular weight is 1320 g/mol. The highest BCUT2D eigenvalue weighted by molar-refractivity contribution is 5.76. The van der Waals surface area contributed by atoms with Gasteiger partial charge in [0, 0.05) is 12.8 Å². The first-order valence-corrected chi connectivity index (χ1v) is 43.3. The van der Waals surface area contributed by atoms with Gasteiger partial charge in [-0.1, -0.05) is 429 Å². The number of allylic oxidation sites excluding steroid dienone is 5. The van der Waals surface area contributed by atoms with Crippen LogP contribution in [0.4, 0.5) is 0 Å². The molecule has 0 bridgehead atoms. The topological polar surface area (TPSA) is 95.9 Å². The zero-order chi connectivity index (χ0) is 67.7. The van der Waals surface area contributed by atoms with E-state index >= 15 is 0 Å². The van der Waals surface area contributed by atoms with Crippen LogP contribution in [-0.4, -0.2) is 47.4 Å². The third-order valence-electron chi connectivity index (χ3n) is 20.4. The zero-order valence-corrected chi connectivity index (χ0v) is 64.0. The number of esters is 1. The van der Waals surface area contributed by atoms with Gasteiger partial charge in [-0.25, -0.2) is 0 Å². The minimum atomic E-state index is -0.843. The molecule has 0 fully saturated rings. The Hall–Kier alpha value is -1.92. The van der Waals surface area contributed by atoms with Crippen LogP contribution in [-0.2, 0) is 14.3 Å². The van der Waals surface area contributed by atoms with Crippen molar-refractivity contribution in [2.45, 2.75) is 501 Å². The lowest BCUT2D eigenvalue weighted by atomic mass is 10.0. The first kappa shape index (κ1) is 92.1. The van der Waals surface area contributed by atoms with Gasteiger partial charge in [0.15, 0.2) is 0 Å². The quantitative estimate of drug-likeness (QED) is 0.0320. The van der Waals surface area contributed by atoms with Crippen LogP contribution in [0.5, 0.6) is 0 Å². The van der Waals surface area contributed by atoms with Gasteiger partial charge < -0.3 is 20.3 Å². The van der Waals surface area contributed by atoms with Gasteiger partial charge in [0.2, 0.25) is 5.91 Å². The number of aliphatic hydroxyl groups is 2. The van der Waals surface area contributed by atoms with Crippen molar-refractivity contribution in [3.05, 3.63) is 36.5 Å². The van der Waals surface area contributed by atoms with Crippen molar-refractivity contribution in [2.75, 3.05) is 13.2 Å². The van der Waals surface area contributed by atoms with Gasteiger partial charge in [0.25, 0.3) is 0 Å². The Balaban J connectivity index is 3.34. The van der Waals surface area contributed by atoms with Crippen molar-refractivity contribution in [1.82, 2.24) is 5.32 Å². The van der Waals surface area contributed by atoms with Crippen LogP contribution in [0.3, 0.4) is 0 Å². The van der Waals surface area contributed by atoms with Crippen LogP contribution < -0.4 is 5.32 Å². The molecule has 0 rings (SSSR count). The molecule has 0 heterocycles. The van der Waals surface area contributed by atoms with E-state index in [1.165, 1.54) is 424 Å². The van der Waals surface area contributed by atoms with Crippen molar-refractivity contribution in [3.8, 4) is 0 Å². The molecule has 2 atom stereocenters. The summed E-state index contributed by atoms with van der Waals surface area (Å²) in [6.07, 6.45) is 110. The highest BCUT2D eigenvalue weighted by atomic mass is 16.5. The Kier molecular flexibility index (Phi) is 81.8. The summed E-state index contributed by atoms with van der Waals surface area (Å²) < 4.78 is 5.52. The number of unbranched alkanes of at least 4 members (excludes halogenated alkanes) is 67. The predicted octanol–water partition coefficient (Wildman–Crippen LogP) is 28.9. The molecule has 1 amide bonds. The first-order chi connectivity index (χ1) is 46.5. The minimum absolute atomic E-state index is 0.0218. The second kappa shape index (κ2) is 83.5. The summed E-state index contributed by atoms with van der Waals surface area (Å²) >= 11 is 0. The van der Waals surface area contributed by atoms with Crippen LogP contribution in [0.15, 0.2) is 36.5 Å². The summed E-state index contributed by atoms with van der Waals surface area (Å²) in [4.78, 5) is 24.7. The molecular weight excluding hydrogens is 1150 g/mol. The molecule has 2 unspecified atom stereocenters. The summed E-state index contributed by atoms with van der Waals surface area (Å²) in [7, 11) is 0. The predicted molar refractivity (Wildman–Crippen MR) is 416 cm³/mol. The number of aliphatic hydroxyl groups excluding tert-OH is 2. The van der Waals surface area contributed by atoms with E-state index in [2.05, 4.69) is 43.5 Å². The number of hydrogen-bond donors (Lipinski definition) is 3. The van der Waals surface area contributed by atoms with Gasteiger partial charge in [0.1, 0.15) is 0 Å². The van der Waals surface area contributed by atoms with Crippen molar-refractivity contribution in [2.24, 2.45) is 0 Å². The molecule has 0 aliphatic rings. The second-order valence-corrected chi connectivity index (χ2v) is 29.9.